The van der Waals surface area contributed by atoms with Crippen LogP contribution >= 0.6 is 15.9 Å². The lowest BCUT2D eigenvalue weighted by atomic mass is 9.88. The first kappa shape index (κ1) is 14.2. The Labute approximate surface area is 112 Å². The van der Waals surface area contributed by atoms with Gasteiger partial charge in [-0.2, -0.15) is 0 Å². The average molecular weight is 298 g/mol. The number of hydrogen-bond donors (Lipinski definition) is 0. The van der Waals surface area contributed by atoms with Gasteiger partial charge in [-0.3, -0.25) is 4.79 Å². The third-order valence-electron chi connectivity index (χ3n) is 3.17. The van der Waals surface area contributed by atoms with Crippen LogP contribution in [0.25, 0.3) is 0 Å². The van der Waals surface area contributed by atoms with Gasteiger partial charge in [-0.05, 0) is 18.1 Å². The second-order valence-electron chi connectivity index (χ2n) is 4.99. The molecular weight excluding hydrogens is 278 g/mol. The predicted octanol–water partition coefficient (Wildman–Crippen LogP) is 3.84. The number of hydrogen-bond acceptors (Lipinski definition) is 1. The van der Waals surface area contributed by atoms with Crippen molar-refractivity contribution in [3.8, 4) is 0 Å². The van der Waals surface area contributed by atoms with Crippen LogP contribution in [0.2, 0.25) is 0 Å². The van der Waals surface area contributed by atoms with Crippen LogP contribution in [0.15, 0.2) is 28.7 Å². The van der Waals surface area contributed by atoms with Crippen LogP contribution in [0.5, 0.6) is 0 Å². The highest BCUT2D eigenvalue weighted by atomic mass is 79.9. The van der Waals surface area contributed by atoms with Crippen LogP contribution in [0, 0.1) is 5.41 Å². The quantitative estimate of drug-likeness (QED) is 0.827. The topological polar surface area (TPSA) is 20.3 Å². The summed E-state index contributed by atoms with van der Waals surface area (Å²) in [6.45, 7) is 6.67. The molecule has 0 unspecified atom stereocenters. The Bertz CT molecular complexity index is 401. The normalized spacial score (nSPS) is 11.4. The molecule has 1 aromatic rings. The molecule has 0 saturated heterocycles. The fraction of sp³-hybridized carbons (Fsp3) is 0.500. The molecule has 0 bridgehead atoms. The fourth-order valence-electron chi connectivity index (χ4n) is 1.62. The number of halogens is 1. The molecule has 0 saturated carbocycles. The molecule has 0 atom stereocenters. The fourth-order valence-corrected chi connectivity index (χ4v) is 2.03. The van der Waals surface area contributed by atoms with Gasteiger partial charge in [0.05, 0.1) is 0 Å². The summed E-state index contributed by atoms with van der Waals surface area (Å²) in [5.41, 5.74) is 0.853. The van der Waals surface area contributed by atoms with E-state index in [0.717, 1.165) is 16.5 Å². The molecule has 2 nitrogen and oxygen atoms in total. The first-order valence-electron chi connectivity index (χ1n) is 5.87. The molecule has 0 heterocycles. The van der Waals surface area contributed by atoms with Gasteiger partial charge < -0.3 is 4.90 Å². The van der Waals surface area contributed by atoms with E-state index >= 15 is 0 Å². The van der Waals surface area contributed by atoms with Gasteiger partial charge in [-0.15, -0.1) is 0 Å². The lowest BCUT2D eigenvalue weighted by Gasteiger charge is -2.28. The van der Waals surface area contributed by atoms with E-state index in [1.807, 2.05) is 52.1 Å². The van der Waals surface area contributed by atoms with E-state index in [4.69, 9.17) is 0 Å². The number of benzene rings is 1. The molecule has 0 aliphatic heterocycles. The van der Waals surface area contributed by atoms with Gasteiger partial charge in [0.25, 0.3) is 0 Å². The lowest BCUT2D eigenvalue weighted by Crippen LogP contribution is -2.37. The lowest BCUT2D eigenvalue weighted by molar-refractivity contribution is -0.139. The molecule has 0 aromatic heterocycles. The van der Waals surface area contributed by atoms with Crippen molar-refractivity contribution in [1.82, 2.24) is 4.90 Å². The highest BCUT2D eigenvalue weighted by Crippen LogP contribution is 2.24. The zero-order valence-electron chi connectivity index (χ0n) is 11.0. The van der Waals surface area contributed by atoms with Crippen molar-refractivity contribution in [3.05, 3.63) is 34.3 Å². The minimum atomic E-state index is -0.282. The maximum atomic E-state index is 12.2. The molecule has 0 radical (unpaired) electrons. The zero-order chi connectivity index (χ0) is 13.1. The summed E-state index contributed by atoms with van der Waals surface area (Å²) in [5.74, 6) is 0.191. The van der Waals surface area contributed by atoms with Crippen LogP contribution in [0.4, 0.5) is 0 Å². The van der Waals surface area contributed by atoms with Gasteiger partial charge >= 0.3 is 0 Å². The summed E-state index contributed by atoms with van der Waals surface area (Å²) in [7, 11) is 1.86. The number of rotatable bonds is 4. The number of nitrogens with zero attached hydrogens (tertiary/aromatic N) is 1. The van der Waals surface area contributed by atoms with Crippen molar-refractivity contribution in [1.29, 1.82) is 0 Å². The smallest absolute Gasteiger partial charge is 0.228 e. The van der Waals surface area contributed by atoms with Crippen LogP contribution in [-0.2, 0) is 11.3 Å². The Balaban J connectivity index is 2.77. The molecule has 1 aromatic carbocycles. The summed E-state index contributed by atoms with van der Waals surface area (Å²) in [6, 6.07) is 8.00. The van der Waals surface area contributed by atoms with E-state index in [-0.39, 0.29) is 11.3 Å². The van der Waals surface area contributed by atoms with Crippen LogP contribution in [0.3, 0.4) is 0 Å². The molecule has 94 valence electrons. The summed E-state index contributed by atoms with van der Waals surface area (Å²) < 4.78 is 1.05. The minimum absolute atomic E-state index is 0.191. The van der Waals surface area contributed by atoms with Crippen LogP contribution < -0.4 is 0 Å². The number of amides is 1. The Morgan fingerprint density at radius 1 is 1.35 bits per heavy atom. The molecular formula is C14H20BrNO. The van der Waals surface area contributed by atoms with Crippen molar-refractivity contribution < 1.29 is 4.79 Å². The molecule has 1 rings (SSSR count). The molecule has 0 fully saturated rings. The van der Waals surface area contributed by atoms with Gasteiger partial charge in [0.1, 0.15) is 0 Å². The molecule has 0 spiro atoms. The molecule has 1 amide bonds. The van der Waals surface area contributed by atoms with Crippen LogP contribution in [-0.4, -0.2) is 17.9 Å². The number of carbonyl (C=O) groups is 1. The molecule has 3 heteroatoms. The van der Waals surface area contributed by atoms with Gasteiger partial charge in [0.15, 0.2) is 0 Å². The van der Waals surface area contributed by atoms with Crippen molar-refractivity contribution in [3.63, 3.8) is 0 Å². The number of carbonyl (C=O) groups excluding carboxylic acids is 1. The Morgan fingerprint density at radius 3 is 2.47 bits per heavy atom. The molecule has 17 heavy (non-hydrogen) atoms. The van der Waals surface area contributed by atoms with Crippen molar-refractivity contribution >= 4 is 21.8 Å². The van der Waals surface area contributed by atoms with Crippen molar-refractivity contribution in [2.45, 2.75) is 33.7 Å². The summed E-state index contributed by atoms with van der Waals surface area (Å²) in [6.07, 6.45) is 0.853. The average Bonchev–Trinajstić information content (AvgIpc) is 2.31. The highest BCUT2D eigenvalue weighted by Gasteiger charge is 2.28. The standard InChI is InChI=1S/C14H20BrNO/c1-5-14(2,3)13(17)16(4)10-11-8-6-7-9-12(11)15/h6-9H,5,10H2,1-4H3. The second kappa shape index (κ2) is 5.67. The Hall–Kier alpha value is -0.830. The summed E-state index contributed by atoms with van der Waals surface area (Å²) in [4.78, 5) is 14.0. The maximum Gasteiger partial charge on any atom is 0.228 e. The summed E-state index contributed by atoms with van der Waals surface area (Å²) in [5, 5.41) is 0. The third-order valence-corrected chi connectivity index (χ3v) is 3.95. The first-order valence-corrected chi connectivity index (χ1v) is 6.66. The Kier molecular flexibility index (Phi) is 4.75. The van der Waals surface area contributed by atoms with Crippen molar-refractivity contribution in [2.75, 3.05) is 7.05 Å². The van der Waals surface area contributed by atoms with Crippen molar-refractivity contribution in [2.24, 2.45) is 5.41 Å². The molecule has 0 aliphatic rings. The van der Waals surface area contributed by atoms with Gasteiger partial charge in [0.2, 0.25) is 5.91 Å². The SMILES string of the molecule is CCC(C)(C)C(=O)N(C)Cc1ccccc1Br. The third kappa shape index (κ3) is 3.56. The van der Waals surface area contributed by atoms with E-state index in [2.05, 4.69) is 15.9 Å². The van der Waals surface area contributed by atoms with E-state index in [1.54, 1.807) is 4.90 Å². The highest BCUT2D eigenvalue weighted by molar-refractivity contribution is 9.10. The molecule has 0 aliphatic carbocycles. The van der Waals surface area contributed by atoms with Gasteiger partial charge in [0, 0.05) is 23.5 Å². The second-order valence-corrected chi connectivity index (χ2v) is 5.84. The van der Waals surface area contributed by atoms with E-state index < -0.39 is 0 Å². The predicted molar refractivity (Wildman–Crippen MR) is 74.7 cm³/mol. The first-order chi connectivity index (χ1) is 7.88. The van der Waals surface area contributed by atoms with Gasteiger partial charge in [-0.1, -0.05) is 54.9 Å². The zero-order valence-corrected chi connectivity index (χ0v) is 12.5. The monoisotopic (exact) mass is 297 g/mol. The largest absolute Gasteiger partial charge is 0.341 e. The van der Waals surface area contributed by atoms with E-state index in [9.17, 15) is 4.79 Å². The van der Waals surface area contributed by atoms with Gasteiger partial charge in [-0.25, -0.2) is 0 Å². The van der Waals surface area contributed by atoms with E-state index in [0.29, 0.717) is 6.54 Å². The van der Waals surface area contributed by atoms with Crippen LogP contribution in [0.1, 0.15) is 32.8 Å². The molecule has 0 N–H and O–H groups in total. The summed E-state index contributed by atoms with van der Waals surface area (Å²) >= 11 is 3.50. The Morgan fingerprint density at radius 2 is 1.94 bits per heavy atom. The maximum absolute atomic E-state index is 12.2. The minimum Gasteiger partial charge on any atom is -0.341 e. The van der Waals surface area contributed by atoms with E-state index in [1.165, 1.54) is 0 Å².